The van der Waals surface area contributed by atoms with E-state index in [9.17, 15) is 15.0 Å². The van der Waals surface area contributed by atoms with E-state index in [4.69, 9.17) is 0 Å². The molecule has 0 bridgehead atoms. The number of hydrogen-bond acceptors (Lipinski definition) is 4. The molecule has 0 radical (unpaired) electrons. The Morgan fingerprint density at radius 2 is 1.94 bits per heavy atom. The highest BCUT2D eigenvalue weighted by Gasteiger charge is 2.28. The molecule has 1 aliphatic rings. The first kappa shape index (κ1) is 12.2. The van der Waals surface area contributed by atoms with Crippen LogP contribution in [0.25, 0.3) is 0 Å². The van der Waals surface area contributed by atoms with Gasteiger partial charge in [-0.25, -0.2) is 4.79 Å². The van der Waals surface area contributed by atoms with Gasteiger partial charge in [0.15, 0.2) is 0 Å². The van der Waals surface area contributed by atoms with Gasteiger partial charge < -0.3 is 14.9 Å². The average molecular weight is 246 g/mol. The summed E-state index contributed by atoms with van der Waals surface area (Å²) in [6.45, 7) is 0. The summed E-state index contributed by atoms with van der Waals surface area (Å²) in [5.74, 6) is -1.13. The Kier molecular flexibility index (Phi) is 3.37. The minimum Gasteiger partial charge on any atom is -0.512 e. The molecule has 0 aromatic heterocycles. The number of ether oxygens (including phenoxy) is 1. The highest BCUT2D eigenvalue weighted by molar-refractivity contribution is 5.90. The van der Waals surface area contributed by atoms with Gasteiger partial charge in [-0.3, -0.25) is 0 Å². The SMILES string of the molecule is COC(=O)C1=C(O)C(c2ccccc2)C=C(O)C1. The summed E-state index contributed by atoms with van der Waals surface area (Å²) in [7, 11) is 1.25. The van der Waals surface area contributed by atoms with Crippen molar-refractivity contribution in [1.29, 1.82) is 0 Å². The van der Waals surface area contributed by atoms with Crippen LogP contribution in [-0.2, 0) is 9.53 Å². The third-order valence-electron chi connectivity index (χ3n) is 2.91. The summed E-state index contributed by atoms with van der Waals surface area (Å²) in [5.41, 5.74) is 0.911. The zero-order valence-corrected chi connectivity index (χ0v) is 9.96. The Bertz CT molecular complexity index is 514. The molecular formula is C14H14O4. The molecule has 0 aliphatic heterocycles. The zero-order chi connectivity index (χ0) is 13.1. The number of aliphatic hydroxyl groups is 2. The Hall–Kier alpha value is -2.23. The highest BCUT2D eigenvalue weighted by atomic mass is 16.5. The molecule has 1 atom stereocenters. The van der Waals surface area contributed by atoms with E-state index in [-0.39, 0.29) is 23.5 Å². The predicted molar refractivity (Wildman–Crippen MR) is 66.2 cm³/mol. The number of aliphatic hydroxyl groups excluding tert-OH is 2. The van der Waals surface area contributed by atoms with Crippen molar-refractivity contribution in [2.75, 3.05) is 7.11 Å². The normalized spacial score (nSPS) is 19.4. The van der Waals surface area contributed by atoms with E-state index in [1.165, 1.54) is 13.2 Å². The lowest BCUT2D eigenvalue weighted by Gasteiger charge is -2.21. The van der Waals surface area contributed by atoms with Crippen LogP contribution in [0.2, 0.25) is 0 Å². The van der Waals surface area contributed by atoms with Crippen LogP contribution in [0.4, 0.5) is 0 Å². The Morgan fingerprint density at radius 1 is 1.28 bits per heavy atom. The fourth-order valence-corrected chi connectivity index (χ4v) is 2.00. The molecule has 1 aliphatic carbocycles. The first-order valence-electron chi connectivity index (χ1n) is 5.58. The number of rotatable bonds is 2. The number of methoxy groups -OCH3 is 1. The first-order chi connectivity index (χ1) is 8.63. The molecule has 0 fully saturated rings. The molecule has 4 nitrogen and oxygen atoms in total. The minimum absolute atomic E-state index is 0.00183. The van der Waals surface area contributed by atoms with Crippen LogP contribution in [0.5, 0.6) is 0 Å². The van der Waals surface area contributed by atoms with Gasteiger partial charge in [-0.05, 0) is 11.6 Å². The molecule has 2 N–H and O–H groups in total. The smallest absolute Gasteiger partial charge is 0.337 e. The van der Waals surface area contributed by atoms with Crippen molar-refractivity contribution in [3.8, 4) is 0 Å². The van der Waals surface area contributed by atoms with Crippen LogP contribution >= 0.6 is 0 Å². The molecule has 4 heteroatoms. The molecule has 1 aromatic rings. The maximum atomic E-state index is 11.5. The highest BCUT2D eigenvalue weighted by Crippen LogP contribution is 2.34. The zero-order valence-electron chi connectivity index (χ0n) is 9.96. The van der Waals surface area contributed by atoms with Gasteiger partial charge >= 0.3 is 5.97 Å². The molecule has 94 valence electrons. The van der Waals surface area contributed by atoms with E-state index in [2.05, 4.69) is 4.74 Å². The van der Waals surface area contributed by atoms with Crippen LogP contribution in [0.3, 0.4) is 0 Å². The number of hydrogen-bond donors (Lipinski definition) is 2. The lowest BCUT2D eigenvalue weighted by Crippen LogP contribution is -2.16. The molecule has 1 unspecified atom stereocenters. The Morgan fingerprint density at radius 3 is 2.56 bits per heavy atom. The molecular weight excluding hydrogens is 232 g/mol. The fraction of sp³-hybridized carbons (Fsp3) is 0.214. The van der Waals surface area contributed by atoms with Gasteiger partial charge in [0, 0.05) is 6.42 Å². The van der Waals surface area contributed by atoms with Gasteiger partial charge in [-0.2, -0.15) is 0 Å². The lowest BCUT2D eigenvalue weighted by molar-refractivity contribution is -0.136. The van der Waals surface area contributed by atoms with Crippen LogP contribution in [0, 0.1) is 0 Å². The number of carbonyl (C=O) groups is 1. The van der Waals surface area contributed by atoms with Crippen molar-refractivity contribution in [2.24, 2.45) is 0 Å². The fourth-order valence-electron chi connectivity index (χ4n) is 2.00. The minimum atomic E-state index is -0.618. The van der Waals surface area contributed by atoms with Gasteiger partial charge in [-0.1, -0.05) is 30.3 Å². The summed E-state index contributed by atoms with van der Waals surface area (Å²) in [6, 6.07) is 9.17. The van der Waals surface area contributed by atoms with Crippen molar-refractivity contribution in [3.05, 3.63) is 59.1 Å². The van der Waals surface area contributed by atoms with Crippen molar-refractivity contribution in [3.63, 3.8) is 0 Å². The standard InChI is InChI=1S/C14H14O4/c1-18-14(17)12-8-10(15)7-11(13(12)16)9-5-3-2-4-6-9/h2-7,11,15-16H,8H2,1H3. The van der Waals surface area contributed by atoms with E-state index in [0.717, 1.165) is 5.56 Å². The van der Waals surface area contributed by atoms with Gasteiger partial charge in [0.05, 0.1) is 24.4 Å². The second-order valence-corrected chi connectivity index (χ2v) is 4.08. The molecule has 0 heterocycles. The second kappa shape index (κ2) is 4.96. The maximum Gasteiger partial charge on any atom is 0.337 e. The van der Waals surface area contributed by atoms with E-state index in [1.807, 2.05) is 30.3 Å². The Labute approximate surface area is 105 Å². The third-order valence-corrected chi connectivity index (χ3v) is 2.91. The monoisotopic (exact) mass is 246 g/mol. The summed E-state index contributed by atoms with van der Waals surface area (Å²) in [6.07, 6.45) is 1.54. The number of esters is 1. The topological polar surface area (TPSA) is 66.8 Å². The molecule has 18 heavy (non-hydrogen) atoms. The average Bonchev–Trinajstić information content (AvgIpc) is 2.41. The first-order valence-corrected chi connectivity index (χ1v) is 5.58. The van der Waals surface area contributed by atoms with Crippen LogP contribution < -0.4 is 0 Å². The number of carbonyl (C=O) groups excluding carboxylic acids is 1. The van der Waals surface area contributed by atoms with E-state index >= 15 is 0 Å². The summed E-state index contributed by atoms with van der Waals surface area (Å²) >= 11 is 0. The maximum absolute atomic E-state index is 11.5. The summed E-state index contributed by atoms with van der Waals surface area (Å²) in [5, 5.41) is 19.8. The van der Waals surface area contributed by atoms with Crippen molar-refractivity contribution < 1.29 is 19.7 Å². The van der Waals surface area contributed by atoms with Gasteiger partial charge in [-0.15, -0.1) is 0 Å². The van der Waals surface area contributed by atoms with E-state index in [1.54, 1.807) is 0 Å². The molecule has 0 saturated carbocycles. The summed E-state index contributed by atoms with van der Waals surface area (Å²) < 4.78 is 4.60. The van der Waals surface area contributed by atoms with E-state index in [0.29, 0.717) is 0 Å². The van der Waals surface area contributed by atoms with Crippen molar-refractivity contribution >= 4 is 5.97 Å². The predicted octanol–water partition coefficient (Wildman–Crippen LogP) is 2.60. The lowest BCUT2D eigenvalue weighted by atomic mass is 9.88. The summed E-state index contributed by atoms with van der Waals surface area (Å²) in [4.78, 5) is 11.5. The number of allylic oxidation sites excluding steroid dienone is 2. The van der Waals surface area contributed by atoms with Gasteiger partial charge in [0.25, 0.3) is 0 Å². The Balaban J connectivity index is 2.43. The third kappa shape index (κ3) is 2.22. The van der Waals surface area contributed by atoms with Gasteiger partial charge in [0.1, 0.15) is 5.76 Å². The number of benzene rings is 1. The van der Waals surface area contributed by atoms with Crippen LogP contribution in [0.1, 0.15) is 17.9 Å². The van der Waals surface area contributed by atoms with Crippen LogP contribution in [0.15, 0.2) is 53.5 Å². The molecule has 2 rings (SSSR count). The largest absolute Gasteiger partial charge is 0.512 e. The molecule has 0 amide bonds. The van der Waals surface area contributed by atoms with E-state index < -0.39 is 11.9 Å². The van der Waals surface area contributed by atoms with Gasteiger partial charge in [0.2, 0.25) is 0 Å². The van der Waals surface area contributed by atoms with Crippen molar-refractivity contribution in [2.45, 2.75) is 12.3 Å². The molecule has 0 saturated heterocycles. The second-order valence-electron chi connectivity index (χ2n) is 4.08. The molecule has 1 aromatic carbocycles. The quantitative estimate of drug-likeness (QED) is 0.787. The van der Waals surface area contributed by atoms with Crippen molar-refractivity contribution in [1.82, 2.24) is 0 Å². The van der Waals surface area contributed by atoms with Crippen LogP contribution in [-0.4, -0.2) is 23.3 Å². The molecule has 0 spiro atoms.